The Hall–Kier alpha value is -1.10. The van der Waals surface area contributed by atoms with Crippen molar-refractivity contribution in [2.75, 3.05) is 32.8 Å². The van der Waals surface area contributed by atoms with Gasteiger partial charge in [-0.15, -0.1) is 0 Å². The highest BCUT2D eigenvalue weighted by molar-refractivity contribution is 5.81. The number of likely N-dealkylation sites (tertiary alicyclic amines) is 1. The summed E-state index contributed by atoms with van der Waals surface area (Å²) < 4.78 is 5.31. The Bertz CT molecular complexity index is 357. The number of carbonyl (C=O) groups is 2. The molecule has 0 aromatic carbocycles. The van der Waals surface area contributed by atoms with Crippen LogP contribution in [0.4, 0.5) is 0 Å². The van der Waals surface area contributed by atoms with Gasteiger partial charge in [0.2, 0.25) is 11.8 Å². The van der Waals surface area contributed by atoms with Crippen LogP contribution in [0.1, 0.15) is 39.5 Å². The van der Waals surface area contributed by atoms with Gasteiger partial charge in [-0.25, -0.2) is 0 Å². The second kappa shape index (κ2) is 7.78. The van der Waals surface area contributed by atoms with Crippen LogP contribution in [0.5, 0.6) is 0 Å². The van der Waals surface area contributed by atoms with E-state index in [-0.39, 0.29) is 23.7 Å². The number of hydrogen-bond donors (Lipinski definition) is 1. The van der Waals surface area contributed by atoms with E-state index >= 15 is 0 Å². The molecule has 0 spiro atoms. The van der Waals surface area contributed by atoms with Gasteiger partial charge in [0.1, 0.15) is 0 Å². The molecule has 5 nitrogen and oxygen atoms in total. The molecule has 0 atom stereocenters. The molecule has 0 aliphatic carbocycles. The van der Waals surface area contributed by atoms with Gasteiger partial charge >= 0.3 is 0 Å². The molecule has 0 radical (unpaired) electrons. The third-order valence-corrected chi connectivity index (χ3v) is 4.43. The zero-order valence-electron chi connectivity index (χ0n) is 13.3. The summed E-state index contributed by atoms with van der Waals surface area (Å²) in [4.78, 5) is 26.4. The van der Waals surface area contributed by atoms with Gasteiger partial charge in [-0.05, 0) is 31.6 Å². The van der Waals surface area contributed by atoms with Crippen molar-refractivity contribution < 1.29 is 14.3 Å². The zero-order valence-corrected chi connectivity index (χ0v) is 13.3. The van der Waals surface area contributed by atoms with E-state index < -0.39 is 0 Å². The number of rotatable bonds is 4. The van der Waals surface area contributed by atoms with Crippen LogP contribution in [0.25, 0.3) is 0 Å². The number of ether oxygens (including phenoxy) is 1. The van der Waals surface area contributed by atoms with Gasteiger partial charge in [0, 0.05) is 44.7 Å². The number of nitrogens with one attached hydrogen (secondary N) is 1. The topological polar surface area (TPSA) is 58.6 Å². The van der Waals surface area contributed by atoms with E-state index in [1.54, 1.807) is 0 Å². The van der Waals surface area contributed by atoms with Gasteiger partial charge in [0.25, 0.3) is 0 Å². The molecular weight excluding hydrogens is 268 g/mol. The van der Waals surface area contributed by atoms with E-state index in [4.69, 9.17) is 4.74 Å². The van der Waals surface area contributed by atoms with Crippen LogP contribution in [0.3, 0.4) is 0 Å². The summed E-state index contributed by atoms with van der Waals surface area (Å²) in [5.74, 6) is 1.10. The van der Waals surface area contributed by atoms with Crippen LogP contribution in [0.2, 0.25) is 0 Å². The summed E-state index contributed by atoms with van der Waals surface area (Å²) >= 11 is 0. The van der Waals surface area contributed by atoms with Crippen LogP contribution in [0.15, 0.2) is 0 Å². The molecular formula is C16H28N2O3. The van der Waals surface area contributed by atoms with E-state index in [1.807, 2.05) is 4.90 Å². The van der Waals surface area contributed by atoms with Crippen molar-refractivity contribution in [3.63, 3.8) is 0 Å². The second-order valence-corrected chi connectivity index (χ2v) is 6.63. The van der Waals surface area contributed by atoms with E-state index in [9.17, 15) is 9.59 Å². The lowest BCUT2D eigenvalue weighted by Gasteiger charge is -2.34. The fourth-order valence-electron chi connectivity index (χ4n) is 3.01. The molecule has 2 rings (SSSR count). The molecule has 1 N–H and O–H groups in total. The first-order chi connectivity index (χ1) is 10.1. The Morgan fingerprint density at radius 1 is 1.10 bits per heavy atom. The highest BCUT2D eigenvalue weighted by Gasteiger charge is 2.31. The molecule has 21 heavy (non-hydrogen) atoms. The van der Waals surface area contributed by atoms with Crippen molar-refractivity contribution in [3.8, 4) is 0 Å². The average Bonchev–Trinajstić information content (AvgIpc) is 2.53. The molecule has 120 valence electrons. The number of piperidine rings is 1. The van der Waals surface area contributed by atoms with Gasteiger partial charge in [-0.1, -0.05) is 13.8 Å². The van der Waals surface area contributed by atoms with Crippen molar-refractivity contribution in [2.45, 2.75) is 39.5 Å². The first kappa shape index (κ1) is 16.3. The first-order valence-electron chi connectivity index (χ1n) is 8.22. The summed E-state index contributed by atoms with van der Waals surface area (Å²) in [6.07, 6.45) is 3.26. The Morgan fingerprint density at radius 2 is 1.71 bits per heavy atom. The van der Waals surface area contributed by atoms with Crippen LogP contribution in [-0.2, 0) is 14.3 Å². The minimum absolute atomic E-state index is 0.0717. The maximum Gasteiger partial charge on any atom is 0.225 e. The highest BCUT2D eigenvalue weighted by atomic mass is 16.5. The molecule has 2 aliphatic heterocycles. The number of nitrogens with zero attached hydrogens (tertiary/aromatic N) is 1. The maximum absolute atomic E-state index is 12.4. The van der Waals surface area contributed by atoms with Crippen LogP contribution in [0, 0.1) is 17.8 Å². The monoisotopic (exact) mass is 296 g/mol. The lowest BCUT2D eigenvalue weighted by molar-refractivity contribution is -0.141. The van der Waals surface area contributed by atoms with Gasteiger partial charge in [0.05, 0.1) is 0 Å². The summed E-state index contributed by atoms with van der Waals surface area (Å²) in [6.45, 7) is 7.76. The molecule has 0 saturated carbocycles. The van der Waals surface area contributed by atoms with E-state index in [0.717, 1.165) is 45.3 Å². The van der Waals surface area contributed by atoms with Crippen LogP contribution >= 0.6 is 0 Å². The van der Waals surface area contributed by atoms with Gasteiger partial charge in [-0.3, -0.25) is 9.59 Å². The smallest absolute Gasteiger partial charge is 0.225 e. The lowest BCUT2D eigenvalue weighted by atomic mass is 9.93. The standard InChI is InChI=1S/C16H28N2O3/c1-12(2)11-17-15(19)13-3-7-18(8-4-13)16(20)14-5-9-21-10-6-14/h12-14H,3-11H2,1-2H3,(H,17,19). The van der Waals surface area contributed by atoms with E-state index in [1.165, 1.54) is 0 Å². The van der Waals surface area contributed by atoms with Crippen LogP contribution in [-0.4, -0.2) is 49.6 Å². The molecule has 0 unspecified atom stereocenters. The molecule has 2 saturated heterocycles. The molecule has 5 heteroatoms. The number of amides is 2. The van der Waals surface area contributed by atoms with E-state index in [2.05, 4.69) is 19.2 Å². The summed E-state index contributed by atoms with van der Waals surface area (Å²) in [6, 6.07) is 0. The molecule has 2 fully saturated rings. The highest BCUT2D eigenvalue weighted by Crippen LogP contribution is 2.23. The van der Waals surface area contributed by atoms with E-state index in [0.29, 0.717) is 19.1 Å². The van der Waals surface area contributed by atoms with Crippen molar-refractivity contribution in [1.29, 1.82) is 0 Å². The Morgan fingerprint density at radius 3 is 2.29 bits per heavy atom. The molecule has 0 aromatic rings. The second-order valence-electron chi connectivity index (χ2n) is 6.63. The number of hydrogen-bond acceptors (Lipinski definition) is 3. The zero-order chi connectivity index (χ0) is 15.2. The normalized spacial score (nSPS) is 21.6. The van der Waals surface area contributed by atoms with Gasteiger partial charge < -0.3 is 15.0 Å². The number of carbonyl (C=O) groups excluding carboxylic acids is 2. The predicted molar refractivity (Wildman–Crippen MR) is 80.7 cm³/mol. The minimum atomic E-state index is 0.0717. The quantitative estimate of drug-likeness (QED) is 0.853. The SMILES string of the molecule is CC(C)CNC(=O)C1CCN(C(=O)C2CCOCC2)CC1. The molecule has 2 aliphatic rings. The lowest BCUT2D eigenvalue weighted by Crippen LogP contribution is -2.46. The maximum atomic E-state index is 12.4. The first-order valence-corrected chi connectivity index (χ1v) is 8.22. The third-order valence-electron chi connectivity index (χ3n) is 4.43. The third kappa shape index (κ3) is 4.70. The fraction of sp³-hybridized carbons (Fsp3) is 0.875. The fourth-order valence-corrected chi connectivity index (χ4v) is 3.01. The Kier molecular flexibility index (Phi) is 6.03. The molecule has 0 aromatic heterocycles. The summed E-state index contributed by atoms with van der Waals surface area (Å²) in [7, 11) is 0. The van der Waals surface area contributed by atoms with Crippen molar-refractivity contribution in [2.24, 2.45) is 17.8 Å². The van der Waals surface area contributed by atoms with Gasteiger partial charge in [-0.2, -0.15) is 0 Å². The largest absolute Gasteiger partial charge is 0.381 e. The van der Waals surface area contributed by atoms with Gasteiger partial charge in [0.15, 0.2) is 0 Å². The average molecular weight is 296 g/mol. The molecule has 2 amide bonds. The summed E-state index contributed by atoms with van der Waals surface area (Å²) in [5, 5.41) is 3.00. The minimum Gasteiger partial charge on any atom is -0.381 e. The molecule has 2 heterocycles. The van der Waals surface area contributed by atoms with Crippen molar-refractivity contribution >= 4 is 11.8 Å². The van der Waals surface area contributed by atoms with Crippen molar-refractivity contribution in [3.05, 3.63) is 0 Å². The Balaban J connectivity index is 1.74. The Labute approximate surface area is 127 Å². The van der Waals surface area contributed by atoms with Crippen LogP contribution < -0.4 is 5.32 Å². The predicted octanol–water partition coefficient (Wildman–Crippen LogP) is 1.42. The molecule has 0 bridgehead atoms. The summed E-state index contributed by atoms with van der Waals surface area (Å²) in [5.41, 5.74) is 0. The van der Waals surface area contributed by atoms with Crippen molar-refractivity contribution in [1.82, 2.24) is 10.2 Å².